The molecule has 1 fully saturated rings. The highest BCUT2D eigenvalue weighted by Crippen LogP contribution is 2.11. The first kappa shape index (κ1) is 15.5. The van der Waals surface area contributed by atoms with Crippen LogP contribution in [0.1, 0.15) is 31.2 Å². The fourth-order valence-corrected chi connectivity index (χ4v) is 3.15. The Balaban J connectivity index is 1.79. The maximum atomic E-state index is 11.4. The van der Waals surface area contributed by atoms with Gasteiger partial charge in [0.05, 0.1) is 4.90 Å². The van der Waals surface area contributed by atoms with Crippen molar-refractivity contribution < 1.29 is 8.42 Å². The molecule has 112 valence electrons. The Bertz CT molecular complexity index is 503. The van der Waals surface area contributed by atoms with Crippen LogP contribution in [0.25, 0.3) is 0 Å². The zero-order valence-electron chi connectivity index (χ0n) is 12.1. The average molecular weight is 296 g/mol. The molecule has 0 spiro atoms. The van der Waals surface area contributed by atoms with Crippen molar-refractivity contribution in [3.63, 3.8) is 0 Å². The van der Waals surface area contributed by atoms with Gasteiger partial charge in [-0.1, -0.05) is 25.0 Å². The number of rotatable bonds is 5. The Morgan fingerprint density at radius 2 is 1.95 bits per heavy atom. The second kappa shape index (κ2) is 7.20. The van der Waals surface area contributed by atoms with Crippen LogP contribution in [0.5, 0.6) is 0 Å². The third-order valence-electron chi connectivity index (χ3n) is 3.73. The van der Waals surface area contributed by atoms with Gasteiger partial charge in [0.1, 0.15) is 0 Å². The lowest BCUT2D eigenvalue weighted by molar-refractivity contribution is 0.470. The lowest BCUT2D eigenvalue weighted by atomic mass is 10.1. The molecular weight excluding hydrogens is 272 g/mol. The Morgan fingerprint density at radius 3 is 2.65 bits per heavy atom. The van der Waals surface area contributed by atoms with Gasteiger partial charge in [0, 0.05) is 25.4 Å². The predicted octanol–water partition coefficient (Wildman–Crippen LogP) is 1.71. The largest absolute Gasteiger partial charge is 0.313 e. The summed E-state index contributed by atoms with van der Waals surface area (Å²) < 4.78 is 22.7. The van der Waals surface area contributed by atoms with Gasteiger partial charge in [-0.25, -0.2) is 8.42 Å². The first-order valence-electron chi connectivity index (χ1n) is 7.29. The number of benzene rings is 1. The normalized spacial score (nSPS) is 20.6. The number of hydrogen-bond donors (Lipinski definition) is 2. The second-order valence-corrected chi connectivity index (χ2v) is 7.56. The molecular formula is C15H24N2O2S. The smallest absolute Gasteiger partial charge is 0.175 e. The average Bonchev–Trinajstić information content (AvgIpc) is 2.67. The summed E-state index contributed by atoms with van der Waals surface area (Å²) in [5.41, 5.74) is 1.12. The molecule has 0 aromatic heterocycles. The van der Waals surface area contributed by atoms with Crippen LogP contribution in [-0.2, 0) is 16.4 Å². The molecule has 4 nitrogen and oxygen atoms in total. The van der Waals surface area contributed by atoms with Gasteiger partial charge >= 0.3 is 0 Å². The first-order chi connectivity index (χ1) is 9.55. The molecule has 2 rings (SSSR count). The number of nitrogens with one attached hydrogen (secondary N) is 2. The van der Waals surface area contributed by atoms with Crippen LogP contribution in [-0.4, -0.2) is 33.8 Å². The molecule has 20 heavy (non-hydrogen) atoms. The molecule has 0 radical (unpaired) electrons. The molecule has 1 aromatic carbocycles. The zero-order valence-corrected chi connectivity index (χ0v) is 12.9. The van der Waals surface area contributed by atoms with Gasteiger partial charge in [-0.2, -0.15) is 0 Å². The van der Waals surface area contributed by atoms with E-state index in [4.69, 9.17) is 0 Å². The Kier molecular flexibility index (Phi) is 5.57. The fraction of sp³-hybridized carbons (Fsp3) is 0.600. The fourth-order valence-electron chi connectivity index (χ4n) is 2.52. The molecule has 0 amide bonds. The quantitative estimate of drug-likeness (QED) is 0.868. The summed E-state index contributed by atoms with van der Waals surface area (Å²) in [6.07, 6.45) is 6.39. The van der Waals surface area contributed by atoms with Crippen molar-refractivity contribution in [2.75, 3.05) is 19.3 Å². The van der Waals surface area contributed by atoms with Gasteiger partial charge in [0.25, 0.3) is 0 Å². The van der Waals surface area contributed by atoms with E-state index in [1.165, 1.54) is 31.9 Å². The summed E-state index contributed by atoms with van der Waals surface area (Å²) in [6.45, 7) is 2.87. The van der Waals surface area contributed by atoms with Crippen molar-refractivity contribution in [3.05, 3.63) is 29.8 Å². The SMILES string of the molecule is CS(=O)(=O)c1ccc(CNCC2CCCCCN2)cc1. The minimum Gasteiger partial charge on any atom is -0.313 e. The minimum absolute atomic E-state index is 0.381. The highest BCUT2D eigenvalue weighted by atomic mass is 32.2. The molecule has 1 aliphatic heterocycles. The van der Waals surface area contributed by atoms with E-state index in [1.807, 2.05) is 12.1 Å². The van der Waals surface area contributed by atoms with Gasteiger partial charge < -0.3 is 10.6 Å². The van der Waals surface area contributed by atoms with Crippen molar-refractivity contribution in [2.45, 2.75) is 43.2 Å². The van der Waals surface area contributed by atoms with Gasteiger partial charge in [0.15, 0.2) is 9.84 Å². The molecule has 1 unspecified atom stereocenters. The summed E-state index contributed by atoms with van der Waals surface area (Å²) in [7, 11) is -3.09. The van der Waals surface area contributed by atoms with Crippen LogP contribution in [0, 0.1) is 0 Å². The van der Waals surface area contributed by atoms with Crippen LogP contribution >= 0.6 is 0 Å². The van der Waals surface area contributed by atoms with Gasteiger partial charge in [-0.05, 0) is 37.1 Å². The van der Waals surface area contributed by atoms with E-state index in [9.17, 15) is 8.42 Å². The number of sulfone groups is 1. The topological polar surface area (TPSA) is 58.2 Å². The zero-order chi connectivity index (χ0) is 14.4. The first-order valence-corrected chi connectivity index (χ1v) is 9.18. The summed E-state index contributed by atoms with van der Waals surface area (Å²) in [6, 6.07) is 7.67. The highest BCUT2D eigenvalue weighted by Gasteiger charge is 2.10. The van der Waals surface area contributed by atoms with E-state index in [2.05, 4.69) is 10.6 Å². The third kappa shape index (κ3) is 4.89. The molecule has 1 aromatic rings. The predicted molar refractivity (Wildman–Crippen MR) is 81.5 cm³/mol. The Hall–Kier alpha value is -0.910. The lowest BCUT2D eigenvalue weighted by Crippen LogP contribution is -2.37. The van der Waals surface area contributed by atoms with E-state index in [0.29, 0.717) is 10.9 Å². The highest BCUT2D eigenvalue weighted by molar-refractivity contribution is 7.90. The molecule has 1 saturated heterocycles. The lowest BCUT2D eigenvalue weighted by Gasteiger charge is -2.16. The molecule has 0 aliphatic carbocycles. The van der Waals surface area contributed by atoms with Gasteiger partial charge in [-0.15, -0.1) is 0 Å². The van der Waals surface area contributed by atoms with Crippen LogP contribution in [0.15, 0.2) is 29.2 Å². The monoisotopic (exact) mass is 296 g/mol. The summed E-state index contributed by atoms with van der Waals surface area (Å²) in [5, 5.41) is 7.00. The van der Waals surface area contributed by atoms with E-state index >= 15 is 0 Å². The minimum atomic E-state index is -3.09. The van der Waals surface area contributed by atoms with Gasteiger partial charge in [0.2, 0.25) is 0 Å². The van der Waals surface area contributed by atoms with E-state index in [0.717, 1.165) is 25.2 Å². The van der Waals surface area contributed by atoms with Crippen molar-refractivity contribution >= 4 is 9.84 Å². The van der Waals surface area contributed by atoms with Crippen LogP contribution in [0.2, 0.25) is 0 Å². The summed E-state index contributed by atoms with van der Waals surface area (Å²) in [4.78, 5) is 0.381. The third-order valence-corrected chi connectivity index (χ3v) is 4.86. The van der Waals surface area contributed by atoms with E-state index in [1.54, 1.807) is 12.1 Å². The molecule has 0 saturated carbocycles. The molecule has 1 heterocycles. The molecule has 1 atom stereocenters. The molecule has 1 aliphatic rings. The Labute approximate surface area is 121 Å². The summed E-state index contributed by atoms with van der Waals surface area (Å²) >= 11 is 0. The van der Waals surface area contributed by atoms with E-state index < -0.39 is 9.84 Å². The second-order valence-electron chi connectivity index (χ2n) is 5.55. The van der Waals surface area contributed by atoms with Crippen molar-refractivity contribution in [1.29, 1.82) is 0 Å². The maximum absolute atomic E-state index is 11.4. The Morgan fingerprint density at radius 1 is 1.20 bits per heavy atom. The van der Waals surface area contributed by atoms with Crippen molar-refractivity contribution in [1.82, 2.24) is 10.6 Å². The van der Waals surface area contributed by atoms with Gasteiger partial charge in [-0.3, -0.25) is 0 Å². The molecule has 0 bridgehead atoms. The van der Waals surface area contributed by atoms with Crippen LogP contribution < -0.4 is 10.6 Å². The standard InChI is InChI=1S/C15H24N2O2S/c1-20(18,19)15-8-6-13(7-9-15)11-16-12-14-5-3-2-4-10-17-14/h6-9,14,16-17H,2-5,10-12H2,1H3. The van der Waals surface area contributed by atoms with E-state index in [-0.39, 0.29) is 0 Å². The summed E-state index contributed by atoms with van der Waals surface area (Å²) in [5.74, 6) is 0. The molecule has 5 heteroatoms. The van der Waals surface area contributed by atoms with Crippen molar-refractivity contribution in [3.8, 4) is 0 Å². The van der Waals surface area contributed by atoms with Crippen LogP contribution in [0.4, 0.5) is 0 Å². The maximum Gasteiger partial charge on any atom is 0.175 e. The van der Waals surface area contributed by atoms with Crippen LogP contribution in [0.3, 0.4) is 0 Å². The number of hydrogen-bond acceptors (Lipinski definition) is 4. The molecule has 2 N–H and O–H groups in total. The van der Waals surface area contributed by atoms with Crippen molar-refractivity contribution in [2.24, 2.45) is 0 Å².